The number of nitrogens with one attached hydrogen (secondary N) is 3. The molecule has 3 aromatic rings. The van der Waals surface area contributed by atoms with E-state index in [2.05, 4.69) is 20.6 Å². The van der Waals surface area contributed by atoms with Crippen molar-refractivity contribution in [3.63, 3.8) is 0 Å². The van der Waals surface area contributed by atoms with Crippen LogP contribution in [-0.2, 0) is 10.2 Å². The molecule has 0 saturated heterocycles. The number of anilines is 2. The third-order valence-electron chi connectivity index (χ3n) is 4.45. The number of H-pyrrole nitrogens is 1. The average Bonchev–Trinajstić information content (AvgIpc) is 3.11. The van der Waals surface area contributed by atoms with Crippen LogP contribution in [-0.4, -0.2) is 21.8 Å². The van der Waals surface area contributed by atoms with E-state index in [4.69, 9.17) is 0 Å². The summed E-state index contributed by atoms with van der Waals surface area (Å²) in [5.74, 6) is -0.243. The van der Waals surface area contributed by atoms with Crippen LogP contribution >= 0.6 is 0 Å². The van der Waals surface area contributed by atoms with Gasteiger partial charge in [0.05, 0.1) is 22.8 Å². The van der Waals surface area contributed by atoms with Crippen LogP contribution in [0.4, 0.5) is 11.4 Å². The van der Waals surface area contributed by atoms with Crippen molar-refractivity contribution in [2.24, 2.45) is 0 Å². The van der Waals surface area contributed by atoms with Crippen LogP contribution in [0.3, 0.4) is 0 Å². The molecule has 0 unspecified atom stereocenters. The monoisotopic (exact) mass is 320 g/mol. The van der Waals surface area contributed by atoms with Crippen molar-refractivity contribution in [1.82, 2.24) is 9.97 Å². The van der Waals surface area contributed by atoms with Gasteiger partial charge in [-0.2, -0.15) is 0 Å². The zero-order valence-corrected chi connectivity index (χ0v) is 13.3. The van der Waals surface area contributed by atoms with Gasteiger partial charge in [-0.05, 0) is 55.8 Å². The molecule has 1 aliphatic heterocycles. The largest absolute Gasteiger partial charge is 0.345 e. The van der Waals surface area contributed by atoms with Crippen molar-refractivity contribution < 1.29 is 9.59 Å². The van der Waals surface area contributed by atoms with E-state index in [0.29, 0.717) is 11.3 Å². The first-order chi connectivity index (χ1) is 11.4. The van der Waals surface area contributed by atoms with Gasteiger partial charge in [-0.3, -0.25) is 9.59 Å². The lowest BCUT2D eigenvalue weighted by atomic mass is 9.86. The lowest BCUT2D eigenvalue weighted by molar-refractivity contribution is -0.119. The summed E-state index contributed by atoms with van der Waals surface area (Å²) in [6.07, 6.45) is 1.60. The van der Waals surface area contributed by atoms with Crippen LogP contribution in [0.25, 0.3) is 11.0 Å². The molecule has 24 heavy (non-hydrogen) atoms. The summed E-state index contributed by atoms with van der Waals surface area (Å²) in [4.78, 5) is 31.6. The molecule has 2 heterocycles. The first kappa shape index (κ1) is 14.4. The van der Waals surface area contributed by atoms with Crippen molar-refractivity contribution in [2.45, 2.75) is 19.3 Å². The number of aromatic nitrogens is 2. The third kappa shape index (κ3) is 2.15. The molecule has 0 atom stereocenters. The van der Waals surface area contributed by atoms with Crippen molar-refractivity contribution in [1.29, 1.82) is 0 Å². The first-order valence-corrected chi connectivity index (χ1v) is 7.65. The maximum Gasteiger partial charge on any atom is 0.255 e. The molecule has 0 aliphatic carbocycles. The predicted molar refractivity (Wildman–Crippen MR) is 92.1 cm³/mol. The van der Waals surface area contributed by atoms with E-state index in [1.54, 1.807) is 30.6 Å². The van der Waals surface area contributed by atoms with Gasteiger partial charge in [0, 0.05) is 16.9 Å². The van der Waals surface area contributed by atoms with Crippen LogP contribution in [0.2, 0.25) is 0 Å². The first-order valence-electron chi connectivity index (χ1n) is 7.65. The molecule has 2 aromatic carbocycles. The molecule has 0 fully saturated rings. The van der Waals surface area contributed by atoms with E-state index in [-0.39, 0.29) is 11.8 Å². The van der Waals surface area contributed by atoms with E-state index >= 15 is 0 Å². The van der Waals surface area contributed by atoms with Gasteiger partial charge >= 0.3 is 0 Å². The molecule has 3 N–H and O–H groups in total. The van der Waals surface area contributed by atoms with Crippen molar-refractivity contribution in [3.8, 4) is 0 Å². The number of fused-ring (bicyclic) bond motifs is 2. The minimum absolute atomic E-state index is 0.0364. The van der Waals surface area contributed by atoms with E-state index in [0.717, 1.165) is 22.3 Å². The smallest absolute Gasteiger partial charge is 0.255 e. The Bertz CT molecular complexity index is 988. The molecule has 0 radical (unpaired) electrons. The summed E-state index contributed by atoms with van der Waals surface area (Å²) < 4.78 is 0. The quantitative estimate of drug-likeness (QED) is 0.678. The Morgan fingerprint density at radius 2 is 2.00 bits per heavy atom. The van der Waals surface area contributed by atoms with Crippen molar-refractivity contribution in [2.75, 3.05) is 10.6 Å². The molecule has 120 valence electrons. The maximum absolute atomic E-state index is 12.5. The fraction of sp³-hybridized carbons (Fsp3) is 0.167. The van der Waals surface area contributed by atoms with Gasteiger partial charge in [0.25, 0.3) is 5.91 Å². The lowest BCUT2D eigenvalue weighted by Gasteiger charge is -2.16. The molecule has 0 spiro atoms. The molecule has 6 heteroatoms. The Labute approximate surface area is 138 Å². The number of hydrogen-bond acceptors (Lipinski definition) is 3. The number of hydrogen-bond donors (Lipinski definition) is 3. The summed E-state index contributed by atoms with van der Waals surface area (Å²) >= 11 is 0. The Hall–Kier alpha value is -3.15. The van der Waals surface area contributed by atoms with Crippen LogP contribution in [0.1, 0.15) is 29.8 Å². The molecule has 6 nitrogen and oxygen atoms in total. The topological polar surface area (TPSA) is 86.9 Å². The van der Waals surface area contributed by atoms with E-state index in [9.17, 15) is 9.59 Å². The van der Waals surface area contributed by atoms with Crippen LogP contribution in [0.15, 0.2) is 42.7 Å². The van der Waals surface area contributed by atoms with Gasteiger partial charge in [-0.25, -0.2) is 4.98 Å². The molecule has 1 aliphatic rings. The third-order valence-corrected chi connectivity index (χ3v) is 4.45. The Morgan fingerprint density at radius 1 is 1.17 bits per heavy atom. The van der Waals surface area contributed by atoms with Gasteiger partial charge in [-0.1, -0.05) is 0 Å². The number of benzene rings is 2. The maximum atomic E-state index is 12.5. The fourth-order valence-corrected chi connectivity index (χ4v) is 2.93. The highest BCUT2D eigenvalue weighted by molar-refractivity contribution is 6.08. The predicted octanol–water partition coefficient (Wildman–Crippen LogP) is 3.04. The Kier molecular flexibility index (Phi) is 2.96. The average molecular weight is 320 g/mol. The number of imidazole rings is 1. The molecule has 2 amide bonds. The van der Waals surface area contributed by atoms with E-state index in [1.165, 1.54) is 0 Å². The van der Waals surface area contributed by atoms with Crippen molar-refractivity contribution in [3.05, 3.63) is 53.9 Å². The molecule has 4 rings (SSSR count). The number of aromatic amines is 1. The molecular weight excluding hydrogens is 304 g/mol. The highest BCUT2D eigenvalue weighted by Gasteiger charge is 2.38. The second kappa shape index (κ2) is 4.92. The zero-order valence-electron chi connectivity index (χ0n) is 13.3. The fourth-order valence-electron chi connectivity index (χ4n) is 2.93. The lowest BCUT2D eigenvalue weighted by Crippen LogP contribution is -2.26. The van der Waals surface area contributed by atoms with Crippen LogP contribution in [0, 0.1) is 0 Å². The molecule has 1 aromatic heterocycles. The highest BCUT2D eigenvalue weighted by Crippen LogP contribution is 2.38. The van der Waals surface area contributed by atoms with Crippen molar-refractivity contribution >= 4 is 34.2 Å². The number of rotatable bonds is 2. The van der Waals surface area contributed by atoms with Crippen LogP contribution < -0.4 is 10.6 Å². The minimum Gasteiger partial charge on any atom is -0.345 e. The summed E-state index contributed by atoms with van der Waals surface area (Å²) in [5.41, 5.74) is 3.90. The summed E-state index contributed by atoms with van der Waals surface area (Å²) in [5, 5.41) is 5.74. The summed E-state index contributed by atoms with van der Waals surface area (Å²) in [6.45, 7) is 3.73. The standard InChI is InChI=1S/C18H16N4O2/c1-18(2)12-8-11(4-6-13(12)22-17(18)24)21-16(23)10-3-5-14-15(7-10)20-9-19-14/h3-9H,1-2H3,(H,19,20)(H,21,23)(H,22,24). The van der Waals surface area contributed by atoms with Gasteiger partial charge in [-0.15, -0.1) is 0 Å². The number of carbonyl (C=O) groups is 2. The van der Waals surface area contributed by atoms with Gasteiger partial charge in [0.15, 0.2) is 0 Å². The van der Waals surface area contributed by atoms with Gasteiger partial charge in [0.2, 0.25) is 5.91 Å². The highest BCUT2D eigenvalue weighted by atomic mass is 16.2. The normalized spacial score (nSPS) is 15.2. The van der Waals surface area contributed by atoms with E-state index < -0.39 is 5.41 Å². The van der Waals surface area contributed by atoms with E-state index in [1.807, 2.05) is 26.0 Å². The van der Waals surface area contributed by atoms with Gasteiger partial charge in [0.1, 0.15) is 0 Å². The second-order valence-electron chi connectivity index (χ2n) is 6.43. The number of carbonyl (C=O) groups excluding carboxylic acids is 2. The number of nitrogens with zero attached hydrogens (tertiary/aromatic N) is 1. The SMILES string of the molecule is CC1(C)C(=O)Nc2ccc(NC(=O)c3ccc4nc[nH]c4c3)cc21. The molecule has 0 bridgehead atoms. The van der Waals surface area contributed by atoms with Crippen LogP contribution in [0.5, 0.6) is 0 Å². The zero-order chi connectivity index (χ0) is 16.9. The summed E-state index contributed by atoms with van der Waals surface area (Å²) in [6, 6.07) is 10.7. The molecule has 0 saturated carbocycles. The summed E-state index contributed by atoms with van der Waals surface area (Å²) in [7, 11) is 0. The molecular formula is C18H16N4O2. The minimum atomic E-state index is -0.606. The van der Waals surface area contributed by atoms with Gasteiger partial charge < -0.3 is 15.6 Å². The Morgan fingerprint density at radius 3 is 2.83 bits per heavy atom. The Balaban J connectivity index is 1.63. The second-order valence-corrected chi connectivity index (χ2v) is 6.43. The number of amides is 2.